The van der Waals surface area contributed by atoms with Crippen LogP contribution >= 0.6 is 0 Å². The van der Waals surface area contributed by atoms with E-state index in [4.69, 9.17) is 17.7 Å². The van der Waals surface area contributed by atoms with E-state index < -0.39 is 9.05 Å². The maximum Gasteiger partial charge on any atom is 0.679 e. The summed E-state index contributed by atoms with van der Waals surface area (Å²) in [6.45, 7) is 15.0. The van der Waals surface area contributed by atoms with Crippen LogP contribution in [0.3, 0.4) is 0 Å². The second kappa shape index (κ2) is 10.8. The molecular weight excluding hydrogens is 260 g/mol. The third-order valence-electron chi connectivity index (χ3n) is 2.15. The Balaban J connectivity index is 4.62. The third-order valence-corrected chi connectivity index (χ3v) is 4.31. The first-order valence-corrected chi connectivity index (χ1v) is 9.14. The molecule has 0 aromatic rings. The second-order valence-electron chi connectivity index (χ2n) is 5.61. The first-order valence-electron chi connectivity index (χ1n) is 7.51. The standard InChI is InChI=1S/C14H32O4Si/c1-7-9-15-19(16-10-8-2,17-11-13(3)4)18-12-14(5)6/h13-14H,7-12H2,1-6H3. The van der Waals surface area contributed by atoms with Crippen molar-refractivity contribution in [1.82, 2.24) is 0 Å². The van der Waals surface area contributed by atoms with Crippen LogP contribution in [0.25, 0.3) is 0 Å². The van der Waals surface area contributed by atoms with E-state index in [0.717, 1.165) is 12.8 Å². The highest BCUT2D eigenvalue weighted by atomic mass is 28.4. The molecule has 0 aliphatic carbocycles. The van der Waals surface area contributed by atoms with Gasteiger partial charge in [-0.15, -0.1) is 0 Å². The van der Waals surface area contributed by atoms with Gasteiger partial charge in [0.1, 0.15) is 0 Å². The van der Waals surface area contributed by atoms with E-state index in [2.05, 4.69) is 41.5 Å². The Labute approximate surface area is 120 Å². The fourth-order valence-electron chi connectivity index (χ4n) is 1.24. The molecule has 0 rings (SSSR count). The van der Waals surface area contributed by atoms with E-state index in [1.165, 1.54) is 0 Å². The quantitative estimate of drug-likeness (QED) is 0.515. The molecule has 0 saturated heterocycles. The molecule has 0 bridgehead atoms. The lowest BCUT2D eigenvalue weighted by atomic mass is 10.2. The second-order valence-corrected chi connectivity index (χ2v) is 7.76. The zero-order valence-corrected chi connectivity index (χ0v) is 14.5. The lowest BCUT2D eigenvalue weighted by molar-refractivity contribution is -0.0440. The monoisotopic (exact) mass is 292 g/mol. The van der Waals surface area contributed by atoms with Gasteiger partial charge in [-0.05, 0) is 24.7 Å². The highest BCUT2D eigenvalue weighted by Crippen LogP contribution is 2.16. The molecular formula is C14H32O4Si. The molecule has 0 heterocycles. The van der Waals surface area contributed by atoms with Crippen LogP contribution in [0.15, 0.2) is 0 Å². The van der Waals surface area contributed by atoms with Gasteiger partial charge in [0.25, 0.3) is 0 Å². The van der Waals surface area contributed by atoms with Gasteiger partial charge in [-0.25, -0.2) is 0 Å². The van der Waals surface area contributed by atoms with Gasteiger partial charge >= 0.3 is 9.05 Å². The van der Waals surface area contributed by atoms with Crippen LogP contribution in [0, 0.1) is 11.8 Å². The smallest absolute Gasteiger partial charge is 0.351 e. The fourth-order valence-corrected chi connectivity index (χ4v) is 3.72. The Morgan fingerprint density at radius 1 is 0.684 bits per heavy atom. The highest BCUT2D eigenvalue weighted by Gasteiger charge is 2.45. The van der Waals surface area contributed by atoms with Gasteiger partial charge in [0.2, 0.25) is 0 Å². The molecule has 0 unspecified atom stereocenters. The number of hydrogen-bond donors (Lipinski definition) is 0. The SMILES string of the molecule is CCCO[Si](OCCC)(OCC(C)C)OCC(C)C. The first kappa shape index (κ1) is 19.1. The van der Waals surface area contributed by atoms with Crippen molar-refractivity contribution in [2.24, 2.45) is 11.8 Å². The van der Waals surface area contributed by atoms with Crippen LogP contribution in [0.2, 0.25) is 0 Å². The number of hydrogen-bond acceptors (Lipinski definition) is 4. The summed E-state index contributed by atoms with van der Waals surface area (Å²) in [5, 5.41) is 0. The van der Waals surface area contributed by atoms with Crippen LogP contribution in [0.1, 0.15) is 54.4 Å². The van der Waals surface area contributed by atoms with Gasteiger partial charge in [0.15, 0.2) is 0 Å². The van der Waals surface area contributed by atoms with Crippen molar-refractivity contribution in [2.75, 3.05) is 26.4 Å². The van der Waals surface area contributed by atoms with Crippen LogP contribution in [-0.2, 0) is 17.7 Å². The fraction of sp³-hybridized carbons (Fsp3) is 1.00. The van der Waals surface area contributed by atoms with Gasteiger partial charge in [0, 0.05) is 26.4 Å². The summed E-state index contributed by atoms with van der Waals surface area (Å²) in [5.41, 5.74) is 0. The average Bonchev–Trinajstić information content (AvgIpc) is 2.37. The molecule has 0 radical (unpaired) electrons. The van der Waals surface area contributed by atoms with E-state index in [1.807, 2.05) is 0 Å². The molecule has 0 N–H and O–H groups in total. The molecule has 0 aromatic heterocycles. The van der Waals surface area contributed by atoms with Crippen molar-refractivity contribution >= 4 is 9.05 Å². The van der Waals surface area contributed by atoms with E-state index in [0.29, 0.717) is 38.3 Å². The van der Waals surface area contributed by atoms with Crippen LogP contribution < -0.4 is 0 Å². The van der Waals surface area contributed by atoms with Gasteiger partial charge in [-0.3, -0.25) is 0 Å². The van der Waals surface area contributed by atoms with Crippen molar-refractivity contribution in [3.63, 3.8) is 0 Å². The Hall–Kier alpha value is 0.0569. The highest BCUT2D eigenvalue weighted by molar-refractivity contribution is 6.53. The molecule has 5 heteroatoms. The van der Waals surface area contributed by atoms with Gasteiger partial charge in [-0.2, -0.15) is 0 Å². The van der Waals surface area contributed by atoms with E-state index in [1.54, 1.807) is 0 Å². The van der Waals surface area contributed by atoms with Crippen molar-refractivity contribution in [3.05, 3.63) is 0 Å². The van der Waals surface area contributed by atoms with Crippen LogP contribution in [0.5, 0.6) is 0 Å². The minimum Gasteiger partial charge on any atom is -0.351 e. The molecule has 4 nitrogen and oxygen atoms in total. The van der Waals surface area contributed by atoms with Crippen molar-refractivity contribution < 1.29 is 17.7 Å². The van der Waals surface area contributed by atoms with E-state index in [-0.39, 0.29) is 0 Å². The maximum absolute atomic E-state index is 5.92. The van der Waals surface area contributed by atoms with Crippen molar-refractivity contribution in [2.45, 2.75) is 54.4 Å². The van der Waals surface area contributed by atoms with Crippen molar-refractivity contribution in [1.29, 1.82) is 0 Å². The van der Waals surface area contributed by atoms with Gasteiger partial charge in [-0.1, -0.05) is 41.5 Å². The van der Waals surface area contributed by atoms with Crippen LogP contribution in [0.4, 0.5) is 0 Å². The molecule has 0 aliphatic heterocycles. The normalized spacial score (nSPS) is 12.6. The summed E-state index contributed by atoms with van der Waals surface area (Å²) in [4.78, 5) is 0. The summed E-state index contributed by atoms with van der Waals surface area (Å²) in [6, 6.07) is 0. The Bertz CT molecular complexity index is 188. The summed E-state index contributed by atoms with van der Waals surface area (Å²) < 4.78 is 23.5. The molecule has 0 fully saturated rings. The van der Waals surface area contributed by atoms with E-state index in [9.17, 15) is 0 Å². The maximum atomic E-state index is 5.92. The van der Waals surface area contributed by atoms with Crippen molar-refractivity contribution in [3.8, 4) is 0 Å². The summed E-state index contributed by atoms with van der Waals surface area (Å²) in [7, 11) is -2.96. The van der Waals surface area contributed by atoms with Gasteiger partial charge < -0.3 is 17.7 Å². The lowest BCUT2D eigenvalue weighted by Gasteiger charge is -2.29. The lowest BCUT2D eigenvalue weighted by Crippen LogP contribution is -2.51. The minimum absolute atomic E-state index is 0.435. The predicted molar refractivity (Wildman–Crippen MR) is 79.8 cm³/mol. The average molecular weight is 292 g/mol. The molecule has 116 valence electrons. The third kappa shape index (κ3) is 9.57. The van der Waals surface area contributed by atoms with Crippen LogP contribution in [-0.4, -0.2) is 35.5 Å². The molecule has 0 amide bonds. The molecule has 0 spiro atoms. The first-order chi connectivity index (χ1) is 8.95. The van der Waals surface area contributed by atoms with Gasteiger partial charge in [0.05, 0.1) is 0 Å². The Kier molecular flexibility index (Phi) is 10.8. The minimum atomic E-state index is -2.96. The topological polar surface area (TPSA) is 36.9 Å². The molecule has 0 saturated carbocycles. The summed E-state index contributed by atoms with van der Waals surface area (Å²) in [6.07, 6.45) is 1.86. The van der Waals surface area contributed by atoms with E-state index >= 15 is 0 Å². The summed E-state index contributed by atoms with van der Waals surface area (Å²) in [5.74, 6) is 0.870. The molecule has 19 heavy (non-hydrogen) atoms. The zero-order chi connectivity index (χ0) is 14.7. The molecule has 0 aliphatic rings. The Morgan fingerprint density at radius 3 is 1.32 bits per heavy atom. The molecule has 0 aromatic carbocycles. The largest absolute Gasteiger partial charge is 0.679 e. The zero-order valence-electron chi connectivity index (χ0n) is 13.5. The Morgan fingerprint density at radius 2 is 1.05 bits per heavy atom. The predicted octanol–water partition coefficient (Wildman–Crippen LogP) is 3.62. The number of rotatable bonds is 12. The molecule has 0 atom stereocenters. The summed E-state index contributed by atoms with van der Waals surface area (Å²) >= 11 is 0.